The van der Waals surface area contributed by atoms with Crippen LogP contribution in [0.2, 0.25) is 5.02 Å². The van der Waals surface area contributed by atoms with E-state index in [-0.39, 0.29) is 24.1 Å². The summed E-state index contributed by atoms with van der Waals surface area (Å²) in [4.78, 5) is 30.8. The number of amides is 1. The van der Waals surface area contributed by atoms with Crippen LogP contribution in [0.15, 0.2) is 59.7 Å². The SMILES string of the molecule is Cc1c(C)n(-c2ccc(Cl)cc2)c2ncn(CC(=O)NC3CCCc4ccccc43)c(=O)c12. The zero-order valence-corrected chi connectivity index (χ0v) is 19.4. The van der Waals surface area contributed by atoms with Crippen LogP contribution < -0.4 is 10.9 Å². The summed E-state index contributed by atoms with van der Waals surface area (Å²) in [6.45, 7) is 3.81. The highest BCUT2D eigenvalue weighted by Gasteiger charge is 2.23. The molecule has 2 aromatic carbocycles. The molecule has 168 valence electrons. The second-order valence-corrected chi connectivity index (χ2v) is 9.05. The summed E-state index contributed by atoms with van der Waals surface area (Å²) in [6, 6.07) is 15.6. The number of hydrogen-bond acceptors (Lipinski definition) is 3. The van der Waals surface area contributed by atoms with E-state index in [1.807, 2.05) is 54.8 Å². The number of hydrogen-bond donors (Lipinski definition) is 1. The molecule has 5 rings (SSSR count). The van der Waals surface area contributed by atoms with Gasteiger partial charge in [0.1, 0.15) is 12.9 Å². The van der Waals surface area contributed by atoms with Crippen molar-refractivity contribution < 1.29 is 4.79 Å². The summed E-state index contributed by atoms with van der Waals surface area (Å²) in [5.41, 5.74) is 5.48. The Balaban J connectivity index is 1.45. The maximum atomic E-state index is 13.3. The molecule has 2 heterocycles. The maximum absolute atomic E-state index is 13.3. The minimum absolute atomic E-state index is 0.0233. The molecule has 0 bridgehead atoms. The highest BCUT2D eigenvalue weighted by molar-refractivity contribution is 6.30. The van der Waals surface area contributed by atoms with Crippen LogP contribution in [-0.2, 0) is 17.8 Å². The summed E-state index contributed by atoms with van der Waals surface area (Å²) >= 11 is 6.04. The maximum Gasteiger partial charge on any atom is 0.263 e. The van der Waals surface area contributed by atoms with Gasteiger partial charge in [-0.25, -0.2) is 4.98 Å². The zero-order chi connectivity index (χ0) is 23.1. The first-order valence-corrected chi connectivity index (χ1v) is 11.5. The number of carbonyl (C=O) groups excluding carboxylic acids is 1. The van der Waals surface area contributed by atoms with Crippen LogP contribution >= 0.6 is 11.6 Å². The molecule has 0 radical (unpaired) electrons. The number of fused-ring (bicyclic) bond motifs is 2. The molecular formula is C26H25ClN4O2. The number of carbonyl (C=O) groups is 1. The number of rotatable bonds is 4. The van der Waals surface area contributed by atoms with E-state index in [9.17, 15) is 9.59 Å². The van der Waals surface area contributed by atoms with E-state index in [0.717, 1.165) is 36.2 Å². The summed E-state index contributed by atoms with van der Waals surface area (Å²) in [6.07, 6.45) is 4.43. The Bertz CT molecular complexity index is 1420. The topological polar surface area (TPSA) is 68.9 Å². The fourth-order valence-electron chi connectivity index (χ4n) is 4.80. The highest BCUT2D eigenvalue weighted by atomic mass is 35.5. The Hall–Kier alpha value is -3.38. The number of nitrogens with zero attached hydrogens (tertiary/aromatic N) is 3. The van der Waals surface area contributed by atoms with Crippen molar-refractivity contribution in [1.29, 1.82) is 0 Å². The van der Waals surface area contributed by atoms with Crippen LogP contribution in [0, 0.1) is 13.8 Å². The number of halogens is 1. The molecule has 1 unspecified atom stereocenters. The normalized spacial score (nSPS) is 15.4. The first-order chi connectivity index (χ1) is 15.9. The van der Waals surface area contributed by atoms with Gasteiger partial charge in [0.15, 0.2) is 5.65 Å². The lowest BCUT2D eigenvalue weighted by Crippen LogP contribution is -2.36. The molecule has 7 heteroatoms. The van der Waals surface area contributed by atoms with Gasteiger partial charge in [0.2, 0.25) is 5.91 Å². The predicted molar refractivity (Wildman–Crippen MR) is 130 cm³/mol. The molecule has 1 atom stereocenters. The molecule has 4 aromatic rings. The number of nitrogens with one attached hydrogen (secondary N) is 1. The average molecular weight is 461 g/mol. The Morgan fingerprint density at radius 3 is 2.70 bits per heavy atom. The minimum atomic E-state index is -0.215. The first kappa shape index (κ1) is 21.5. The molecule has 0 fully saturated rings. The molecule has 0 spiro atoms. The van der Waals surface area contributed by atoms with Crippen molar-refractivity contribution in [3.05, 3.63) is 92.6 Å². The Morgan fingerprint density at radius 2 is 1.91 bits per heavy atom. The Labute approximate surface area is 196 Å². The van der Waals surface area contributed by atoms with Crippen LogP contribution in [0.3, 0.4) is 0 Å². The lowest BCUT2D eigenvalue weighted by Gasteiger charge is -2.26. The largest absolute Gasteiger partial charge is 0.348 e. The van der Waals surface area contributed by atoms with E-state index in [2.05, 4.69) is 22.4 Å². The van der Waals surface area contributed by atoms with Crippen LogP contribution in [-0.4, -0.2) is 20.0 Å². The summed E-state index contributed by atoms with van der Waals surface area (Å²) in [7, 11) is 0. The van der Waals surface area contributed by atoms with E-state index in [1.165, 1.54) is 22.0 Å². The molecular weight excluding hydrogens is 436 g/mol. The molecule has 33 heavy (non-hydrogen) atoms. The van der Waals surface area contributed by atoms with Gasteiger partial charge in [-0.2, -0.15) is 0 Å². The van der Waals surface area contributed by atoms with E-state index in [0.29, 0.717) is 16.1 Å². The summed E-state index contributed by atoms with van der Waals surface area (Å²) in [5.74, 6) is -0.188. The van der Waals surface area contributed by atoms with Crippen LogP contribution in [0.25, 0.3) is 16.7 Å². The van der Waals surface area contributed by atoms with Crippen molar-refractivity contribution in [2.45, 2.75) is 45.7 Å². The molecule has 0 saturated carbocycles. The van der Waals surface area contributed by atoms with Crippen molar-refractivity contribution in [2.24, 2.45) is 0 Å². The average Bonchev–Trinajstić information content (AvgIpc) is 3.07. The van der Waals surface area contributed by atoms with Gasteiger partial charge in [0.25, 0.3) is 5.56 Å². The number of aromatic nitrogens is 3. The van der Waals surface area contributed by atoms with Crippen molar-refractivity contribution >= 4 is 28.5 Å². The third kappa shape index (κ3) is 3.85. The van der Waals surface area contributed by atoms with Gasteiger partial charge in [0, 0.05) is 16.4 Å². The van der Waals surface area contributed by atoms with Crippen molar-refractivity contribution in [1.82, 2.24) is 19.4 Å². The fraction of sp³-hybridized carbons (Fsp3) is 0.269. The van der Waals surface area contributed by atoms with Gasteiger partial charge < -0.3 is 5.32 Å². The standard InChI is InChI=1S/C26H25ClN4O2/c1-16-17(2)31(20-12-10-19(27)11-13-20)25-24(16)26(33)30(15-28-25)14-23(32)29-22-9-5-7-18-6-3-4-8-21(18)22/h3-4,6,8,10-13,15,22H,5,7,9,14H2,1-2H3,(H,29,32). The summed E-state index contributed by atoms with van der Waals surface area (Å²) in [5, 5.41) is 4.29. The van der Waals surface area contributed by atoms with E-state index >= 15 is 0 Å². The zero-order valence-electron chi connectivity index (χ0n) is 18.6. The minimum Gasteiger partial charge on any atom is -0.348 e. The molecule has 1 aliphatic rings. The summed E-state index contributed by atoms with van der Waals surface area (Å²) < 4.78 is 3.34. The van der Waals surface area contributed by atoms with Crippen LogP contribution in [0.1, 0.15) is 41.3 Å². The van der Waals surface area contributed by atoms with Gasteiger partial charge in [-0.05, 0) is 74.1 Å². The van der Waals surface area contributed by atoms with Gasteiger partial charge in [-0.3, -0.25) is 18.7 Å². The van der Waals surface area contributed by atoms with E-state index < -0.39 is 0 Å². The molecule has 1 N–H and O–H groups in total. The van der Waals surface area contributed by atoms with Gasteiger partial charge in [-0.1, -0.05) is 35.9 Å². The quantitative estimate of drug-likeness (QED) is 0.482. The second-order valence-electron chi connectivity index (χ2n) is 8.61. The van der Waals surface area contributed by atoms with E-state index in [1.54, 1.807) is 0 Å². The predicted octanol–water partition coefficient (Wildman–Crippen LogP) is 4.65. The van der Waals surface area contributed by atoms with E-state index in [4.69, 9.17) is 11.6 Å². The van der Waals surface area contributed by atoms with Crippen molar-refractivity contribution in [3.8, 4) is 5.69 Å². The molecule has 1 amide bonds. The molecule has 6 nitrogen and oxygen atoms in total. The molecule has 1 aliphatic carbocycles. The Kier molecular flexibility index (Phi) is 5.54. The second kappa shape index (κ2) is 8.52. The number of benzene rings is 2. The highest BCUT2D eigenvalue weighted by Crippen LogP contribution is 2.29. The van der Waals surface area contributed by atoms with Crippen LogP contribution in [0.4, 0.5) is 0 Å². The van der Waals surface area contributed by atoms with Crippen LogP contribution in [0.5, 0.6) is 0 Å². The molecule has 0 aliphatic heterocycles. The van der Waals surface area contributed by atoms with Gasteiger partial charge >= 0.3 is 0 Å². The Morgan fingerprint density at radius 1 is 1.15 bits per heavy atom. The molecule has 2 aromatic heterocycles. The monoisotopic (exact) mass is 460 g/mol. The first-order valence-electron chi connectivity index (χ1n) is 11.1. The number of aryl methyl sites for hydroxylation is 2. The third-order valence-corrected chi connectivity index (χ3v) is 6.84. The van der Waals surface area contributed by atoms with Crippen molar-refractivity contribution in [3.63, 3.8) is 0 Å². The lowest BCUT2D eigenvalue weighted by atomic mass is 9.88. The smallest absolute Gasteiger partial charge is 0.263 e. The fourth-order valence-corrected chi connectivity index (χ4v) is 4.93. The third-order valence-electron chi connectivity index (χ3n) is 6.59. The lowest BCUT2D eigenvalue weighted by molar-refractivity contribution is -0.122. The van der Waals surface area contributed by atoms with Crippen molar-refractivity contribution in [2.75, 3.05) is 0 Å². The molecule has 0 saturated heterocycles. The van der Waals surface area contributed by atoms with Gasteiger partial charge in [0.05, 0.1) is 11.4 Å². The van der Waals surface area contributed by atoms with Gasteiger partial charge in [-0.15, -0.1) is 0 Å².